The number of fused-ring (bicyclic) bond motifs is 11. The summed E-state index contributed by atoms with van der Waals surface area (Å²) >= 11 is 0. The Morgan fingerprint density at radius 1 is 0.833 bits per heavy atom. The summed E-state index contributed by atoms with van der Waals surface area (Å²) in [5, 5.41) is 0. The molecule has 9 aliphatic rings. The Balaban J connectivity index is 1.04. The molecular formula is C58H56N6O2. The zero-order valence-corrected chi connectivity index (χ0v) is 37.7. The Kier molecular flexibility index (Phi) is 9.47. The molecule has 0 bridgehead atoms. The van der Waals surface area contributed by atoms with E-state index in [1.54, 1.807) is 0 Å². The standard InChI is InChI=1S/C58H56N6O2/c1-35-16-15-19-38(32-35)57-61-55(60-56(62(57)3)37-17-5-4-6-18-37)46-33-39(63-47-24-11-7-22-42(47)44-30-31-65-49-26-13-9-20-40(49)36(2)53(44)63)34-59-58(46)64-48-25-12-8-21-41(48)43-28-29-51-52(54(43)64)45-23-10-14-27-50(45)66-51/h4-6,8-10,12,14-15,17-23,25,27-35,40,43-44,47,49,51-54,56H,2,7,11,13,16,24,26H2,1,3H3/b31-30-/t35?,40?,43?,44?,47?,49-,51?,52?,53?,54?,56?/m1/s1. The zero-order chi connectivity index (χ0) is 44.0. The number of rotatable bonds is 5. The van der Waals surface area contributed by atoms with Crippen molar-refractivity contribution in [1.29, 1.82) is 0 Å². The molecule has 0 amide bonds. The number of likely N-dealkylation sites (N-methyl/N-ethyl adjacent to an activating group) is 1. The minimum Gasteiger partial charge on any atom is -0.497 e. The Morgan fingerprint density at radius 3 is 2.58 bits per heavy atom. The summed E-state index contributed by atoms with van der Waals surface area (Å²) in [5.41, 5.74) is 10.6. The number of hydrogen-bond acceptors (Lipinski definition) is 8. The lowest BCUT2D eigenvalue weighted by atomic mass is 9.76. The fraction of sp³-hybridized carbons (Fsp3) is 0.328. The third-order valence-corrected chi connectivity index (χ3v) is 15.9. The molecule has 1 fully saturated rings. The molecule has 4 aliphatic carbocycles. The number of anilines is 3. The molecule has 6 heterocycles. The Bertz CT molecular complexity index is 2890. The maximum absolute atomic E-state index is 6.73. The summed E-state index contributed by atoms with van der Waals surface area (Å²) in [6.45, 7) is 7.25. The van der Waals surface area contributed by atoms with E-state index in [1.807, 2.05) is 6.26 Å². The highest BCUT2D eigenvalue weighted by atomic mass is 16.5. The first-order valence-corrected chi connectivity index (χ1v) is 24.3. The van der Waals surface area contributed by atoms with Crippen LogP contribution in [0.1, 0.15) is 85.7 Å². The molecule has 13 rings (SSSR count). The number of aliphatic imine (C=N–C) groups is 2. The summed E-state index contributed by atoms with van der Waals surface area (Å²) in [7, 11) is 2.14. The van der Waals surface area contributed by atoms with Crippen molar-refractivity contribution in [2.75, 3.05) is 16.8 Å². The fourth-order valence-electron chi connectivity index (χ4n) is 13.0. The zero-order valence-electron chi connectivity index (χ0n) is 37.7. The number of amidine groups is 2. The quantitative estimate of drug-likeness (QED) is 0.186. The van der Waals surface area contributed by atoms with Crippen LogP contribution in [-0.2, 0) is 4.74 Å². The molecule has 3 aromatic carbocycles. The van der Waals surface area contributed by atoms with Gasteiger partial charge in [0, 0.05) is 41.6 Å². The number of nitrogens with zero attached hydrogens (tertiary/aromatic N) is 6. The van der Waals surface area contributed by atoms with Crippen molar-refractivity contribution in [3.8, 4) is 5.75 Å². The van der Waals surface area contributed by atoms with Crippen molar-refractivity contribution in [1.82, 2.24) is 9.88 Å². The maximum Gasteiger partial charge on any atom is 0.163 e. The number of ether oxygens (including phenoxy) is 2. The van der Waals surface area contributed by atoms with Crippen molar-refractivity contribution < 1.29 is 9.47 Å². The second kappa shape index (κ2) is 15.7. The van der Waals surface area contributed by atoms with Crippen LogP contribution in [0.25, 0.3) is 0 Å². The van der Waals surface area contributed by atoms with E-state index in [1.165, 1.54) is 28.0 Å². The highest BCUT2D eigenvalue weighted by Gasteiger charge is 2.53. The van der Waals surface area contributed by atoms with E-state index in [2.05, 4.69) is 174 Å². The van der Waals surface area contributed by atoms with Crippen LogP contribution in [0.15, 0.2) is 185 Å². The molecule has 1 saturated heterocycles. The van der Waals surface area contributed by atoms with Crippen molar-refractivity contribution in [3.63, 3.8) is 0 Å². The van der Waals surface area contributed by atoms with Gasteiger partial charge in [-0.25, -0.2) is 15.0 Å². The lowest BCUT2D eigenvalue weighted by molar-refractivity contribution is 0.0985. The van der Waals surface area contributed by atoms with E-state index in [9.17, 15) is 0 Å². The van der Waals surface area contributed by atoms with Gasteiger partial charge in [-0.1, -0.05) is 123 Å². The third kappa shape index (κ3) is 6.20. The normalized spacial score (nSPS) is 32.7. The predicted molar refractivity (Wildman–Crippen MR) is 265 cm³/mol. The van der Waals surface area contributed by atoms with Gasteiger partial charge in [0.2, 0.25) is 0 Å². The summed E-state index contributed by atoms with van der Waals surface area (Å²) in [5.74, 6) is 4.35. The van der Waals surface area contributed by atoms with Crippen LogP contribution >= 0.6 is 0 Å². The molecule has 11 atom stereocenters. The van der Waals surface area contributed by atoms with Crippen LogP contribution in [0.4, 0.5) is 17.2 Å². The van der Waals surface area contributed by atoms with Gasteiger partial charge >= 0.3 is 0 Å². The van der Waals surface area contributed by atoms with Gasteiger partial charge in [-0.3, -0.25) is 0 Å². The molecule has 1 aromatic heterocycles. The lowest BCUT2D eigenvalue weighted by Crippen LogP contribution is -2.44. The second-order valence-electron chi connectivity index (χ2n) is 19.7. The highest BCUT2D eigenvalue weighted by Crippen LogP contribution is 2.58. The minimum atomic E-state index is -0.304. The molecule has 66 heavy (non-hydrogen) atoms. The molecular weight excluding hydrogens is 813 g/mol. The molecule has 10 unspecified atom stereocenters. The molecule has 330 valence electrons. The van der Waals surface area contributed by atoms with Crippen LogP contribution in [0, 0.1) is 17.8 Å². The average molecular weight is 869 g/mol. The number of hydrogen-bond donors (Lipinski definition) is 0. The predicted octanol–water partition coefficient (Wildman–Crippen LogP) is 11.8. The molecule has 8 heteroatoms. The van der Waals surface area contributed by atoms with E-state index in [4.69, 9.17) is 31.0 Å². The average Bonchev–Trinajstić information content (AvgIpc) is 4.01. The minimum absolute atomic E-state index is 0.0119. The number of aromatic nitrogens is 1. The van der Waals surface area contributed by atoms with Gasteiger partial charge in [0.15, 0.2) is 5.84 Å². The smallest absolute Gasteiger partial charge is 0.163 e. The van der Waals surface area contributed by atoms with Gasteiger partial charge in [0.05, 0.1) is 47.8 Å². The van der Waals surface area contributed by atoms with Crippen molar-refractivity contribution in [3.05, 3.63) is 198 Å². The Hall–Kier alpha value is -6.67. The molecule has 0 radical (unpaired) electrons. The maximum atomic E-state index is 6.73. The fourth-order valence-corrected chi connectivity index (χ4v) is 13.0. The summed E-state index contributed by atoms with van der Waals surface area (Å²) in [6.07, 6.45) is 31.3. The van der Waals surface area contributed by atoms with E-state index in [0.717, 1.165) is 78.3 Å². The van der Waals surface area contributed by atoms with Gasteiger partial charge < -0.3 is 24.2 Å². The van der Waals surface area contributed by atoms with E-state index in [0.29, 0.717) is 11.8 Å². The van der Waals surface area contributed by atoms with Gasteiger partial charge in [0.1, 0.15) is 35.8 Å². The van der Waals surface area contributed by atoms with Crippen LogP contribution in [0.3, 0.4) is 0 Å². The summed E-state index contributed by atoms with van der Waals surface area (Å²) in [4.78, 5) is 24.6. The first-order chi connectivity index (χ1) is 32.5. The Labute approximate surface area is 388 Å². The lowest BCUT2D eigenvalue weighted by Gasteiger charge is -2.41. The van der Waals surface area contributed by atoms with E-state index >= 15 is 0 Å². The van der Waals surface area contributed by atoms with Crippen molar-refractivity contribution in [2.24, 2.45) is 27.7 Å². The summed E-state index contributed by atoms with van der Waals surface area (Å²) in [6, 6.07) is 30.9. The molecule has 0 N–H and O–H groups in total. The van der Waals surface area contributed by atoms with Gasteiger partial charge in [-0.2, -0.15) is 0 Å². The SMILES string of the molecule is C=C1C2C=CCC[C@H]2O/C=C\C2C3=CCCCC3N(c3cnc(N4c5ccccc5C5C=CC6Oc7ccccc7C6C54)c(C4=NC(c5ccccc5)N(C)C(C5=CC(C)CC=C5)=N4)c3)C12. The van der Waals surface area contributed by atoms with Crippen LogP contribution in [0.2, 0.25) is 0 Å². The first-order valence-electron chi connectivity index (χ1n) is 24.3. The topological polar surface area (TPSA) is 65.8 Å². The molecule has 8 nitrogen and oxygen atoms in total. The van der Waals surface area contributed by atoms with Gasteiger partial charge in [0.25, 0.3) is 0 Å². The van der Waals surface area contributed by atoms with E-state index in [-0.39, 0.29) is 60.2 Å². The first kappa shape index (κ1) is 39.7. The largest absolute Gasteiger partial charge is 0.497 e. The van der Waals surface area contributed by atoms with Crippen LogP contribution in [-0.4, -0.2) is 58.9 Å². The number of allylic oxidation sites excluding steroid dienone is 4. The van der Waals surface area contributed by atoms with Crippen molar-refractivity contribution in [2.45, 2.75) is 93.8 Å². The highest BCUT2D eigenvalue weighted by molar-refractivity contribution is 6.16. The second-order valence-corrected chi connectivity index (χ2v) is 19.7. The molecule has 0 spiro atoms. The third-order valence-electron chi connectivity index (χ3n) is 15.9. The number of benzene rings is 3. The molecule has 5 aliphatic heterocycles. The Morgan fingerprint density at radius 2 is 1.68 bits per heavy atom. The van der Waals surface area contributed by atoms with Crippen molar-refractivity contribution >= 4 is 28.9 Å². The monoisotopic (exact) mass is 868 g/mol. The van der Waals surface area contributed by atoms with Crippen LogP contribution < -0.4 is 14.5 Å². The number of para-hydroxylation sites is 2. The van der Waals surface area contributed by atoms with Crippen LogP contribution in [0.5, 0.6) is 5.75 Å². The van der Waals surface area contributed by atoms with Gasteiger partial charge in [-0.15, -0.1) is 0 Å². The van der Waals surface area contributed by atoms with Gasteiger partial charge in [-0.05, 0) is 97.1 Å². The molecule has 0 saturated carbocycles. The number of pyridine rings is 1. The molecule has 4 aromatic rings. The summed E-state index contributed by atoms with van der Waals surface area (Å²) < 4.78 is 13.2. The van der Waals surface area contributed by atoms with E-state index < -0.39 is 0 Å².